The standard InChI is InChI=1S/C16H29NO/c1-2-13-4-6-14(7-5-13)17-15-8-11-18-16(12-15)9-3-10-16/h13-15,17H,2-12H2,1H3. The summed E-state index contributed by atoms with van der Waals surface area (Å²) in [7, 11) is 0. The van der Waals surface area contributed by atoms with E-state index in [0.29, 0.717) is 5.60 Å². The van der Waals surface area contributed by atoms with Crippen LogP contribution < -0.4 is 5.32 Å². The zero-order valence-electron chi connectivity index (χ0n) is 11.9. The molecule has 18 heavy (non-hydrogen) atoms. The molecule has 1 atom stereocenters. The summed E-state index contributed by atoms with van der Waals surface area (Å²) in [5.74, 6) is 1.01. The fraction of sp³-hybridized carbons (Fsp3) is 1.00. The van der Waals surface area contributed by atoms with Crippen molar-refractivity contribution in [3.63, 3.8) is 0 Å². The van der Waals surface area contributed by atoms with Crippen LogP contribution >= 0.6 is 0 Å². The highest BCUT2D eigenvalue weighted by Gasteiger charge is 2.42. The molecule has 0 aromatic rings. The van der Waals surface area contributed by atoms with Gasteiger partial charge in [-0.3, -0.25) is 0 Å². The molecule has 104 valence electrons. The van der Waals surface area contributed by atoms with Crippen molar-refractivity contribution in [2.45, 2.75) is 88.8 Å². The summed E-state index contributed by atoms with van der Waals surface area (Å²) >= 11 is 0. The second-order valence-electron chi connectivity index (χ2n) is 6.87. The zero-order valence-corrected chi connectivity index (χ0v) is 11.9. The molecule has 1 unspecified atom stereocenters. The molecule has 1 spiro atoms. The van der Waals surface area contributed by atoms with Crippen molar-refractivity contribution >= 4 is 0 Å². The fourth-order valence-electron chi connectivity index (χ4n) is 4.16. The molecule has 2 nitrogen and oxygen atoms in total. The number of hydrogen-bond acceptors (Lipinski definition) is 2. The third-order valence-electron chi connectivity index (χ3n) is 5.65. The molecule has 3 aliphatic rings. The van der Waals surface area contributed by atoms with Crippen molar-refractivity contribution in [2.24, 2.45) is 5.92 Å². The highest BCUT2D eigenvalue weighted by molar-refractivity contribution is 4.97. The molecule has 0 bridgehead atoms. The third-order valence-corrected chi connectivity index (χ3v) is 5.65. The Bertz CT molecular complexity index is 266. The van der Waals surface area contributed by atoms with Gasteiger partial charge in [0.2, 0.25) is 0 Å². The molecule has 0 aromatic heterocycles. The van der Waals surface area contributed by atoms with Gasteiger partial charge in [-0.05, 0) is 63.7 Å². The van der Waals surface area contributed by atoms with Crippen molar-refractivity contribution in [3.05, 3.63) is 0 Å². The molecule has 3 rings (SSSR count). The highest BCUT2D eigenvalue weighted by atomic mass is 16.5. The molecule has 1 heterocycles. The van der Waals surface area contributed by atoms with E-state index in [1.165, 1.54) is 64.2 Å². The van der Waals surface area contributed by atoms with Gasteiger partial charge in [-0.1, -0.05) is 13.3 Å². The van der Waals surface area contributed by atoms with Gasteiger partial charge in [-0.15, -0.1) is 0 Å². The van der Waals surface area contributed by atoms with Crippen LogP contribution in [0.5, 0.6) is 0 Å². The van der Waals surface area contributed by atoms with E-state index in [1.54, 1.807) is 0 Å². The molecular formula is C16H29NO. The van der Waals surface area contributed by atoms with Crippen LogP contribution in [-0.2, 0) is 4.74 Å². The highest BCUT2D eigenvalue weighted by Crippen LogP contribution is 2.42. The van der Waals surface area contributed by atoms with Crippen LogP contribution in [0.3, 0.4) is 0 Å². The smallest absolute Gasteiger partial charge is 0.0697 e. The Kier molecular flexibility index (Phi) is 3.95. The first kappa shape index (κ1) is 12.9. The molecule has 0 radical (unpaired) electrons. The van der Waals surface area contributed by atoms with E-state index in [4.69, 9.17) is 4.74 Å². The van der Waals surface area contributed by atoms with Gasteiger partial charge in [-0.2, -0.15) is 0 Å². The maximum Gasteiger partial charge on any atom is 0.0697 e. The summed E-state index contributed by atoms with van der Waals surface area (Å²) in [4.78, 5) is 0. The summed E-state index contributed by atoms with van der Waals surface area (Å²) in [6, 6.07) is 1.54. The average molecular weight is 251 g/mol. The molecule has 2 saturated carbocycles. The minimum Gasteiger partial charge on any atom is -0.375 e. The lowest BCUT2D eigenvalue weighted by molar-refractivity contribution is -0.136. The van der Waals surface area contributed by atoms with Gasteiger partial charge in [0.1, 0.15) is 0 Å². The molecular weight excluding hydrogens is 222 g/mol. The second-order valence-corrected chi connectivity index (χ2v) is 6.87. The number of ether oxygens (including phenoxy) is 1. The van der Waals surface area contributed by atoms with E-state index < -0.39 is 0 Å². The Hall–Kier alpha value is -0.0800. The lowest BCUT2D eigenvalue weighted by Crippen LogP contribution is -2.53. The second kappa shape index (κ2) is 5.50. The van der Waals surface area contributed by atoms with E-state index in [1.807, 2.05) is 0 Å². The van der Waals surface area contributed by atoms with E-state index in [9.17, 15) is 0 Å². The lowest BCUT2D eigenvalue weighted by atomic mass is 9.73. The molecule has 1 N–H and O–H groups in total. The number of rotatable bonds is 3. The molecule has 1 saturated heterocycles. The first-order valence-corrected chi connectivity index (χ1v) is 8.20. The van der Waals surface area contributed by atoms with Gasteiger partial charge >= 0.3 is 0 Å². The van der Waals surface area contributed by atoms with E-state index in [2.05, 4.69) is 12.2 Å². The molecule has 0 amide bonds. The van der Waals surface area contributed by atoms with Crippen molar-refractivity contribution in [1.29, 1.82) is 0 Å². The molecule has 0 aromatic carbocycles. The van der Waals surface area contributed by atoms with Gasteiger partial charge in [0.25, 0.3) is 0 Å². The van der Waals surface area contributed by atoms with Gasteiger partial charge in [0.05, 0.1) is 5.60 Å². The number of hydrogen-bond donors (Lipinski definition) is 1. The first-order chi connectivity index (χ1) is 8.80. The Morgan fingerprint density at radius 1 is 1.06 bits per heavy atom. The molecule has 2 aliphatic carbocycles. The predicted molar refractivity (Wildman–Crippen MR) is 74.7 cm³/mol. The SMILES string of the molecule is CCC1CCC(NC2CCOC3(CCC3)C2)CC1. The monoisotopic (exact) mass is 251 g/mol. The van der Waals surface area contributed by atoms with Crippen LogP contribution in [0.4, 0.5) is 0 Å². The van der Waals surface area contributed by atoms with Crippen LogP contribution in [0.25, 0.3) is 0 Å². The Balaban J connectivity index is 1.45. The van der Waals surface area contributed by atoms with Crippen molar-refractivity contribution in [1.82, 2.24) is 5.32 Å². The fourth-order valence-corrected chi connectivity index (χ4v) is 4.16. The van der Waals surface area contributed by atoms with Gasteiger partial charge in [0, 0.05) is 18.7 Å². The molecule has 1 aliphatic heterocycles. The molecule has 2 heteroatoms. The van der Waals surface area contributed by atoms with Crippen molar-refractivity contribution in [3.8, 4) is 0 Å². The zero-order chi connectivity index (χ0) is 12.4. The Labute approximate surface area is 112 Å². The first-order valence-electron chi connectivity index (χ1n) is 8.20. The van der Waals surface area contributed by atoms with E-state index in [-0.39, 0.29) is 0 Å². The third kappa shape index (κ3) is 2.75. The minimum atomic E-state index is 0.302. The predicted octanol–water partition coefficient (Wildman–Crippen LogP) is 3.65. The average Bonchev–Trinajstić information content (AvgIpc) is 2.38. The van der Waals surface area contributed by atoms with E-state index >= 15 is 0 Å². The van der Waals surface area contributed by atoms with Gasteiger partial charge in [0.15, 0.2) is 0 Å². The van der Waals surface area contributed by atoms with Gasteiger partial charge in [-0.25, -0.2) is 0 Å². The maximum absolute atomic E-state index is 6.02. The Morgan fingerprint density at radius 3 is 2.44 bits per heavy atom. The topological polar surface area (TPSA) is 21.3 Å². The van der Waals surface area contributed by atoms with Gasteiger partial charge < -0.3 is 10.1 Å². The van der Waals surface area contributed by atoms with Crippen LogP contribution in [0.15, 0.2) is 0 Å². The quantitative estimate of drug-likeness (QED) is 0.826. The summed E-state index contributed by atoms with van der Waals surface area (Å²) in [5, 5.41) is 3.95. The van der Waals surface area contributed by atoms with Crippen molar-refractivity contribution in [2.75, 3.05) is 6.61 Å². The normalized spacial score (nSPS) is 39.5. The van der Waals surface area contributed by atoms with E-state index in [0.717, 1.165) is 24.6 Å². The van der Waals surface area contributed by atoms with Crippen LogP contribution in [0.1, 0.15) is 71.1 Å². The summed E-state index contributed by atoms with van der Waals surface area (Å²) in [6.45, 7) is 3.33. The summed E-state index contributed by atoms with van der Waals surface area (Å²) < 4.78 is 6.02. The van der Waals surface area contributed by atoms with Crippen molar-refractivity contribution < 1.29 is 4.74 Å². The summed E-state index contributed by atoms with van der Waals surface area (Å²) in [6.07, 6.45) is 13.6. The lowest BCUT2D eigenvalue weighted by Gasteiger charge is -2.48. The summed E-state index contributed by atoms with van der Waals surface area (Å²) in [5.41, 5.74) is 0.302. The minimum absolute atomic E-state index is 0.302. The van der Waals surface area contributed by atoms with Crippen LogP contribution in [0, 0.1) is 5.92 Å². The molecule has 3 fully saturated rings. The van der Waals surface area contributed by atoms with Crippen LogP contribution in [-0.4, -0.2) is 24.3 Å². The number of nitrogens with one attached hydrogen (secondary N) is 1. The van der Waals surface area contributed by atoms with Crippen LogP contribution in [0.2, 0.25) is 0 Å². The largest absolute Gasteiger partial charge is 0.375 e. The Morgan fingerprint density at radius 2 is 1.83 bits per heavy atom. The maximum atomic E-state index is 6.02.